The molecular weight excluding hydrogens is 284 g/mol. The number of ether oxygens (including phenoxy) is 2. The molecule has 1 heterocycles. The fourth-order valence-corrected chi connectivity index (χ4v) is 2.51. The second kappa shape index (κ2) is 4.64. The molecule has 20 heavy (non-hydrogen) atoms. The number of amides is 1. The fourth-order valence-electron chi connectivity index (χ4n) is 1.95. The summed E-state index contributed by atoms with van der Waals surface area (Å²) in [6.07, 6.45) is 1.86. The number of sulfonamides is 1. The van der Waals surface area contributed by atoms with Gasteiger partial charge in [-0.2, -0.15) is 0 Å². The van der Waals surface area contributed by atoms with Gasteiger partial charge in [-0.25, -0.2) is 13.6 Å². The van der Waals surface area contributed by atoms with Gasteiger partial charge in [0.25, 0.3) is 5.91 Å². The zero-order valence-electron chi connectivity index (χ0n) is 10.6. The number of nitrogens with two attached hydrogens (primary N) is 1. The van der Waals surface area contributed by atoms with E-state index in [4.69, 9.17) is 14.6 Å². The number of hydrogen-bond acceptors (Lipinski definition) is 5. The molecule has 3 N–H and O–H groups in total. The van der Waals surface area contributed by atoms with Crippen molar-refractivity contribution < 1.29 is 22.7 Å². The van der Waals surface area contributed by atoms with Crippen molar-refractivity contribution in [2.75, 3.05) is 13.2 Å². The van der Waals surface area contributed by atoms with Crippen molar-refractivity contribution in [1.29, 1.82) is 0 Å². The van der Waals surface area contributed by atoms with Crippen LogP contribution in [0, 0.1) is 0 Å². The number of fused-ring (bicyclic) bond motifs is 1. The SMILES string of the molecule is NS(=O)(=O)c1cc2c(c(C(=O)NC3CC3)c1)OCCO2. The molecule has 3 rings (SSSR count). The lowest BCUT2D eigenvalue weighted by Gasteiger charge is -2.21. The first-order chi connectivity index (χ1) is 9.45. The van der Waals surface area contributed by atoms with E-state index in [0.29, 0.717) is 13.2 Å². The molecule has 1 aliphatic carbocycles. The Labute approximate surface area is 116 Å². The van der Waals surface area contributed by atoms with Gasteiger partial charge < -0.3 is 14.8 Å². The summed E-state index contributed by atoms with van der Waals surface area (Å²) in [5.41, 5.74) is 0.137. The van der Waals surface area contributed by atoms with Crippen LogP contribution in [0.3, 0.4) is 0 Å². The third kappa shape index (κ3) is 2.56. The van der Waals surface area contributed by atoms with Crippen LogP contribution in [0.15, 0.2) is 17.0 Å². The van der Waals surface area contributed by atoms with E-state index in [1.807, 2.05) is 0 Å². The van der Waals surface area contributed by atoms with E-state index in [-0.39, 0.29) is 33.9 Å². The maximum absolute atomic E-state index is 12.2. The van der Waals surface area contributed by atoms with Gasteiger partial charge in [0.2, 0.25) is 10.0 Å². The summed E-state index contributed by atoms with van der Waals surface area (Å²) in [6, 6.07) is 2.65. The Hall–Kier alpha value is -1.80. The van der Waals surface area contributed by atoms with Crippen molar-refractivity contribution in [3.63, 3.8) is 0 Å². The van der Waals surface area contributed by atoms with Crippen molar-refractivity contribution >= 4 is 15.9 Å². The van der Waals surface area contributed by atoms with Crippen LogP contribution in [-0.4, -0.2) is 33.6 Å². The number of hydrogen-bond donors (Lipinski definition) is 2. The van der Waals surface area contributed by atoms with Gasteiger partial charge in [0, 0.05) is 12.1 Å². The second-order valence-corrected chi connectivity index (χ2v) is 6.35. The van der Waals surface area contributed by atoms with E-state index in [9.17, 15) is 13.2 Å². The molecule has 7 nitrogen and oxygen atoms in total. The van der Waals surface area contributed by atoms with Crippen molar-refractivity contribution in [1.82, 2.24) is 5.32 Å². The molecule has 2 aliphatic rings. The van der Waals surface area contributed by atoms with Crippen LogP contribution in [0.1, 0.15) is 23.2 Å². The Balaban J connectivity index is 2.07. The molecule has 0 atom stereocenters. The van der Waals surface area contributed by atoms with Gasteiger partial charge in [-0.05, 0) is 18.9 Å². The van der Waals surface area contributed by atoms with Gasteiger partial charge >= 0.3 is 0 Å². The number of rotatable bonds is 3. The van der Waals surface area contributed by atoms with E-state index in [0.717, 1.165) is 12.8 Å². The molecule has 0 saturated heterocycles. The minimum Gasteiger partial charge on any atom is -0.486 e. The smallest absolute Gasteiger partial charge is 0.255 e. The summed E-state index contributed by atoms with van der Waals surface area (Å²) < 4.78 is 33.7. The molecule has 0 spiro atoms. The normalized spacial score (nSPS) is 17.6. The first kappa shape index (κ1) is 13.2. The summed E-state index contributed by atoms with van der Waals surface area (Å²) in [7, 11) is -3.92. The van der Waals surface area contributed by atoms with Crippen LogP contribution < -0.4 is 19.9 Å². The van der Waals surface area contributed by atoms with Crippen LogP contribution in [-0.2, 0) is 10.0 Å². The van der Waals surface area contributed by atoms with Crippen LogP contribution in [0.25, 0.3) is 0 Å². The lowest BCUT2D eigenvalue weighted by molar-refractivity contribution is 0.0939. The third-order valence-corrected chi connectivity index (χ3v) is 3.99. The molecule has 1 aliphatic heterocycles. The summed E-state index contributed by atoms with van der Waals surface area (Å²) >= 11 is 0. The first-order valence-corrected chi connectivity index (χ1v) is 7.77. The van der Waals surface area contributed by atoms with E-state index >= 15 is 0 Å². The molecule has 1 aromatic rings. The molecule has 0 aromatic heterocycles. The molecule has 1 fully saturated rings. The Bertz CT molecular complexity index is 667. The van der Waals surface area contributed by atoms with E-state index in [2.05, 4.69) is 5.32 Å². The second-order valence-electron chi connectivity index (χ2n) is 4.79. The highest BCUT2D eigenvalue weighted by Gasteiger charge is 2.29. The van der Waals surface area contributed by atoms with Gasteiger partial charge in [-0.1, -0.05) is 0 Å². The molecule has 8 heteroatoms. The number of benzene rings is 1. The van der Waals surface area contributed by atoms with Gasteiger partial charge in [0.05, 0.1) is 10.5 Å². The molecular formula is C12H14N2O5S. The van der Waals surface area contributed by atoms with Gasteiger partial charge in [-0.15, -0.1) is 0 Å². The Kier molecular flexibility index (Phi) is 3.06. The molecule has 108 valence electrons. The van der Waals surface area contributed by atoms with E-state index < -0.39 is 10.0 Å². The summed E-state index contributed by atoms with van der Waals surface area (Å²) in [5.74, 6) is 0.116. The van der Waals surface area contributed by atoms with Gasteiger partial charge in [0.15, 0.2) is 11.5 Å². The number of carbonyl (C=O) groups excluding carboxylic acids is 1. The summed E-state index contributed by atoms with van der Waals surface area (Å²) in [5, 5.41) is 7.91. The molecule has 0 bridgehead atoms. The topological polar surface area (TPSA) is 108 Å². The maximum Gasteiger partial charge on any atom is 0.255 e. The van der Waals surface area contributed by atoms with Gasteiger partial charge in [0.1, 0.15) is 13.2 Å². The standard InChI is InChI=1S/C12H14N2O5S/c13-20(16,17)8-5-9(12(15)14-7-1-2-7)11-10(6-8)18-3-4-19-11/h5-7H,1-4H2,(H,14,15)(H2,13,16,17). The molecule has 1 aromatic carbocycles. The van der Waals surface area contributed by atoms with Crippen LogP contribution in [0.2, 0.25) is 0 Å². The van der Waals surface area contributed by atoms with E-state index in [1.165, 1.54) is 12.1 Å². The van der Waals surface area contributed by atoms with Crippen LogP contribution in [0.5, 0.6) is 11.5 Å². The minimum absolute atomic E-state index is 0.137. The minimum atomic E-state index is -3.92. The third-order valence-electron chi connectivity index (χ3n) is 3.10. The van der Waals surface area contributed by atoms with Crippen LogP contribution >= 0.6 is 0 Å². The van der Waals surface area contributed by atoms with Crippen molar-refractivity contribution in [3.05, 3.63) is 17.7 Å². The Morgan fingerprint density at radius 1 is 1.25 bits per heavy atom. The zero-order chi connectivity index (χ0) is 14.3. The molecule has 1 amide bonds. The van der Waals surface area contributed by atoms with E-state index in [1.54, 1.807) is 0 Å². The predicted octanol–water partition coefficient (Wildman–Crippen LogP) is -0.00260. The van der Waals surface area contributed by atoms with Crippen LogP contribution in [0.4, 0.5) is 0 Å². The fraction of sp³-hybridized carbons (Fsp3) is 0.417. The zero-order valence-corrected chi connectivity index (χ0v) is 11.4. The number of nitrogens with one attached hydrogen (secondary N) is 1. The quantitative estimate of drug-likeness (QED) is 0.816. The molecule has 0 radical (unpaired) electrons. The maximum atomic E-state index is 12.2. The highest BCUT2D eigenvalue weighted by Crippen LogP contribution is 2.36. The largest absolute Gasteiger partial charge is 0.486 e. The predicted molar refractivity (Wildman–Crippen MR) is 69.3 cm³/mol. The number of primary sulfonamides is 1. The lowest BCUT2D eigenvalue weighted by atomic mass is 10.1. The average molecular weight is 298 g/mol. The molecule has 1 saturated carbocycles. The highest BCUT2D eigenvalue weighted by molar-refractivity contribution is 7.89. The Morgan fingerprint density at radius 2 is 1.95 bits per heavy atom. The first-order valence-electron chi connectivity index (χ1n) is 6.22. The van der Waals surface area contributed by atoms with Crippen molar-refractivity contribution in [2.24, 2.45) is 5.14 Å². The lowest BCUT2D eigenvalue weighted by Crippen LogP contribution is -2.28. The van der Waals surface area contributed by atoms with Crippen molar-refractivity contribution in [3.8, 4) is 11.5 Å². The summed E-state index contributed by atoms with van der Waals surface area (Å²) in [4.78, 5) is 12.0. The number of carbonyl (C=O) groups is 1. The monoisotopic (exact) mass is 298 g/mol. The van der Waals surface area contributed by atoms with Crippen molar-refractivity contribution in [2.45, 2.75) is 23.8 Å². The van der Waals surface area contributed by atoms with Gasteiger partial charge in [-0.3, -0.25) is 4.79 Å². The summed E-state index contributed by atoms with van der Waals surface area (Å²) in [6.45, 7) is 0.607. The highest BCUT2D eigenvalue weighted by atomic mass is 32.2. The average Bonchev–Trinajstić information content (AvgIpc) is 3.20. The Morgan fingerprint density at radius 3 is 2.60 bits per heavy atom. The molecule has 0 unspecified atom stereocenters.